The highest BCUT2D eigenvalue weighted by Crippen LogP contribution is 2.00. The fourth-order valence-corrected chi connectivity index (χ4v) is 2.50. The van der Waals surface area contributed by atoms with Gasteiger partial charge in [-0.05, 0) is 11.1 Å². The molecule has 0 spiro atoms. The van der Waals surface area contributed by atoms with E-state index in [1.54, 1.807) is 0 Å². The molecule has 0 unspecified atom stereocenters. The molecule has 4 heteroatoms. The molecule has 0 radical (unpaired) electrons. The van der Waals surface area contributed by atoms with Gasteiger partial charge in [-0.2, -0.15) is 13.3 Å². The van der Waals surface area contributed by atoms with Gasteiger partial charge in [0, 0.05) is 36.4 Å². The molecular formula is C26H24N2OS+2. The standard InChI is InChI=1S/2C13H12N.OS/c2*1-3-7-13(8-4-1)9-12-14-10-5-2-6-11-14;1-2/h2*1-12H;/q2*+1;. The Morgan fingerprint density at radius 1 is 0.467 bits per heavy atom. The molecule has 0 aliphatic carbocycles. The molecule has 0 N–H and O–H groups in total. The van der Waals surface area contributed by atoms with Gasteiger partial charge >= 0.3 is 0 Å². The normalized spacial score (nSPS) is 10.0. The molecule has 30 heavy (non-hydrogen) atoms. The van der Waals surface area contributed by atoms with Crippen molar-refractivity contribution in [3.63, 3.8) is 0 Å². The third-order valence-corrected chi connectivity index (χ3v) is 3.95. The minimum atomic E-state index is 1.21. The van der Waals surface area contributed by atoms with Crippen LogP contribution in [0.15, 0.2) is 122 Å². The van der Waals surface area contributed by atoms with Crippen molar-refractivity contribution in [2.75, 3.05) is 0 Å². The summed E-state index contributed by atoms with van der Waals surface area (Å²) in [6.45, 7) is 0. The SMILES string of the molecule is C(=C[n+]1ccccc1)c1ccccc1.C(=C[n+]1ccccc1)c1ccccc1.O=S. The Morgan fingerprint density at radius 2 is 0.767 bits per heavy atom. The van der Waals surface area contributed by atoms with Crippen molar-refractivity contribution >= 4 is 37.1 Å². The van der Waals surface area contributed by atoms with Crippen molar-refractivity contribution in [1.29, 1.82) is 0 Å². The summed E-state index contributed by atoms with van der Waals surface area (Å²) in [4.78, 5) is 0. The van der Waals surface area contributed by atoms with E-state index in [9.17, 15) is 0 Å². The van der Waals surface area contributed by atoms with Gasteiger partial charge in [0.2, 0.25) is 0 Å². The van der Waals surface area contributed by atoms with Gasteiger partial charge in [-0.3, -0.25) is 0 Å². The molecule has 4 rings (SSSR count). The van der Waals surface area contributed by atoms with Crippen LogP contribution in [-0.2, 0) is 12.5 Å². The van der Waals surface area contributed by atoms with E-state index in [4.69, 9.17) is 4.21 Å². The summed E-state index contributed by atoms with van der Waals surface area (Å²) in [6, 6.07) is 32.6. The Kier molecular flexibility index (Phi) is 10.7. The van der Waals surface area contributed by atoms with Crippen molar-refractivity contribution in [3.8, 4) is 0 Å². The Bertz CT molecular complexity index is 838. The first-order chi connectivity index (χ1) is 14.9. The fourth-order valence-electron chi connectivity index (χ4n) is 2.50. The second-order valence-corrected chi connectivity index (χ2v) is 6.10. The smallest absolute Gasteiger partial charge is 0.197 e. The van der Waals surface area contributed by atoms with E-state index in [1.807, 2.05) is 119 Å². The molecular weight excluding hydrogens is 388 g/mol. The highest BCUT2D eigenvalue weighted by Gasteiger charge is 1.91. The minimum absolute atomic E-state index is 1.21. The first kappa shape index (κ1) is 22.5. The molecule has 3 nitrogen and oxygen atoms in total. The zero-order valence-electron chi connectivity index (χ0n) is 16.6. The molecule has 0 aliphatic rings. The third kappa shape index (κ3) is 8.95. The first-order valence-corrected chi connectivity index (χ1v) is 9.78. The number of rotatable bonds is 4. The van der Waals surface area contributed by atoms with Crippen LogP contribution in [0.4, 0.5) is 0 Å². The number of benzene rings is 2. The van der Waals surface area contributed by atoms with E-state index in [2.05, 4.69) is 49.0 Å². The largest absolute Gasteiger partial charge is 0.197 e. The van der Waals surface area contributed by atoms with Crippen molar-refractivity contribution in [3.05, 3.63) is 133 Å². The molecule has 0 bridgehead atoms. The Labute approximate surface area is 183 Å². The van der Waals surface area contributed by atoms with Gasteiger partial charge in [-0.1, -0.05) is 72.8 Å². The third-order valence-electron chi connectivity index (χ3n) is 3.95. The summed E-state index contributed by atoms with van der Waals surface area (Å²) in [5.74, 6) is 0. The maximum atomic E-state index is 7.83. The lowest BCUT2D eigenvalue weighted by molar-refractivity contribution is -0.567. The predicted molar refractivity (Wildman–Crippen MR) is 125 cm³/mol. The van der Waals surface area contributed by atoms with Crippen LogP contribution < -0.4 is 9.13 Å². The molecule has 0 aliphatic heterocycles. The van der Waals surface area contributed by atoms with Gasteiger partial charge in [0.25, 0.3) is 0 Å². The molecule has 0 saturated carbocycles. The molecule has 0 amide bonds. The lowest BCUT2D eigenvalue weighted by Crippen LogP contribution is -2.23. The second kappa shape index (κ2) is 14.3. The van der Waals surface area contributed by atoms with Crippen molar-refractivity contribution in [2.24, 2.45) is 0 Å². The Morgan fingerprint density at radius 3 is 1.10 bits per heavy atom. The van der Waals surface area contributed by atoms with Gasteiger partial charge in [-0.15, -0.1) is 0 Å². The average Bonchev–Trinajstić information content (AvgIpc) is 2.86. The fraction of sp³-hybridized carbons (Fsp3) is 0. The second-order valence-electron chi connectivity index (χ2n) is 6.10. The van der Waals surface area contributed by atoms with Crippen LogP contribution in [0.1, 0.15) is 11.1 Å². The Hall–Kier alpha value is -3.76. The van der Waals surface area contributed by atoms with Crippen molar-refractivity contribution < 1.29 is 13.3 Å². The summed E-state index contributed by atoms with van der Waals surface area (Å²) in [5, 5.41) is 0. The molecule has 4 aromatic rings. The maximum Gasteiger partial charge on any atom is 0.197 e. The summed E-state index contributed by atoms with van der Waals surface area (Å²) < 4.78 is 11.9. The highest BCUT2D eigenvalue weighted by atomic mass is 32.1. The van der Waals surface area contributed by atoms with E-state index < -0.39 is 0 Å². The number of hydrogen-bond donors (Lipinski definition) is 0. The van der Waals surface area contributed by atoms with E-state index in [0.717, 1.165) is 0 Å². The van der Waals surface area contributed by atoms with Gasteiger partial charge in [0.1, 0.15) is 0 Å². The van der Waals surface area contributed by atoms with Crippen LogP contribution in [0.3, 0.4) is 0 Å². The zero-order valence-corrected chi connectivity index (χ0v) is 17.4. The van der Waals surface area contributed by atoms with Gasteiger partial charge < -0.3 is 0 Å². The molecule has 2 heterocycles. The van der Waals surface area contributed by atoms with Gasteiger partial charge in [-0.25, -0.2) is 0 Å². The molecule has 0 atom stereocenters. The maximum absolute atomic E-state index is 7.83. The van der Waals surface area contributed by atoms with Crippen LogP contribution in [0.2, 0.25) is 0 Å². The quantitative estimate of drug-likeness (QED) is 0.447. The van der Waals surface area contributed by atoms with Crippen molar-refractivity contribution in [1.82, 2.24) is 0 Å². The van der Waals surface area contributed by atoms with E-state index in [1.165, 1.54) is 11.1 Å². The summed E-state index contributed by atoms with van der Waals surface area (Å²) in [7, 11) is 0. The molecule has 2 aromatic heterocycles. The van der Waals surface area contributed by atoms with Crippen LogP contribution in [0.5, 0.6) is 0 Å². The lowest BCUT2D eigenvalue weighted by atomic mass is 10.2. The minimum Gasteiger partial charge on any atom is -0.197 e. The van der Waals surface area contributed by atoms with E-state index in [-0.39, 0.29) is 0 Å². The van der Waals surface area contributed by atoms with E-state index >= 15 is 0 Å². The first-order valence-electron chi connectivity index (χ1n) is 9.45. The number of hydrogen-bond acceptors (Lipinski definition) is 2. The number of pyridine rings is 2. The van der Waals surface area contributed by atoms with E-state index in [0.29, 0.717) is 0 Å². The molecule has 0 fully saturated rings. The molecule has 148 valence electrons. The van der Waals surface area contributed by atoms with Crippen LogP contribution in [0, 0.1) is 0 Å². The summed E-state index contributed by atoms with van der Waals surface area (Å²) >= 11 is 2.83. The summed E-state index contributed by atoms with van der Waals surface area (Å²) in [6.07, 6.45) is 16.3. The van der Waals surface area contributed by atoms with Gasteiger partial charge in [0.15, 0.2) is 49.7 Å². The topological polar surface area (TPSA) is 24.8 Å². The molecule has 2 aromatic carbocycles. The highest BCUT2D eigenvalue weighted by molar-refractivity contribution is 7.44. The predicted octanol–water partition coefficient (Wildman–Crippen LogP) is 4.87. The zero-order chi connectivity index (χ0) is 21.3. The van der Waals surface area contributed by atoms with Gasteiger partial charge in [0.05, 0.1) is 0 Å². The van der Waals surface area contributed by atoms with Crippen LogP contribution in [0.25, 0.3) is 24.6 Å². The van der Waals surface area contributed by atoms with Crippen LogP contribution in [-0.4, -0.2) is 4.21 Å². The van der Waals surface area contributed by atoms with Crippen molar-refractivity contribution in [2.45, 2.75) is 0 Å². The van der Waals surface area contributed by atoms with Crippen LogP contribution >= 0.6 is 0 Å². The number of nitrogens with zero attached hydrogens (tertiary/aromatic N) is 2. The lowest BCUT2D eigenvalue weighted by Gasteiger charge is -1.88. The monoisotopic (exact) mass is 412 g/mol. The Balaban J connectivity index is 0.000000197. The molecule has 0 saturated heterocycles. The summed E-state index contributed by atoms with van der Waals surface area (Å²) in [5.41, 5.74) is 2.42. The number of aromatic nitrogens is 2. The average molecular weight is 413 g/mol.